The molecule has 2 aliphatic carbocycles. The number of thioether (sulfide) groups is 1. The number of esters is 2. The van der Waals surface area contributed by atoms with Crippen LogP contribution in [0.3, 0.4) is 0 Å². The van der Waals surface area contributed by atoms with E-state index in [0.29, 0.717) is 42.6 Å². The van der Waals surface area contributed by atoms with Gasteiger partial charge in [0.15, 0.2) is 8.32 Å². The van der Waals surface area contributed by atoms with Gasteiger partial charge in [0.2, 0.25) is 0 Å². The SMILES string of the molecule is CCCC1CC(C(=O)OCC2=C(CO[Si](C)(C)C(C)(C)C)C[C@H](CC)C2)=C1C(=O)OCSC. The van der Waals surface area contributed by atoms with Gasteiger partial charge in [-0.2, -0.15) is 0 Å². The van der Waals surface area contributed by atoms with Gasteiger partial charge in [0.25, 0.3) is 0 Å². The molecule has 0 aromatic heterocycles. The second-order valence-corrected chi connectivity index (χ2v) is 16.6. The van der Waals surface area contributed by atoms with E-state index in [1.165, 1.54) is 22.9 Å². The summed E-state index contributed by atoms with van der Waals surface area (Å²) in [5.41, 5.74) is 3.53. The van der Waals surface area contributed by atoms with Gasteiger partial charge in [-0.3, -0.25) is 0 Å². The molecule has 2 rings (SSSR count). The van der Waals surface area contributed by atoms with Gasteiger partial charge in [0.1, 0.15) is 12.5 Å². The Balaban J connectivity index is 2.09. The van der Waals surface area contributed by atoms with Gasteiger partial charge >= 0.3 is 11.9 Å². The number of hydrogen-bond acceptors (Lipinski definition) is 6. The lowest BCUT2D eigenvalue weighted by Crippen LogP contribution is -2.41. The fourth-order valence-corrected chi connectivity index (χ4v) is 5.43. The van der Waals surface area contributed by atoms with Crippen LogP contribution in [0.1, 0.15) is 73.1 Å². The minimum Gasteiger partial charge on any atom is -0.458 e. The molecule has 1 unspecified atom stereocenters. The van der Waals surface area contributed by atoms with Crippen LogP contribution in [0.25, 0.3) is 0 Å². The Morgan fingerprint density at radius 1 is 1.00 bits per heavy atom. The van der Waals surface area contributed by atoms with Crippen LogP contribution in [0, 0.1) is 11.8 Å². The predicted octanol–water partition coefficient (Wildman–Crippen LogP) is 6.65. The molecule has 0 bridgehead atoms. The molecule has 0 fully saturated rings. The Kier molecular flexibility index (Phi) is 10.3. The van der Waals surface area contributed by atoms with Crippen molar-refractivity contribution in [2.24, 2.45) is 11.8 Å². The van der Waals surface area contributed by atoms with Crippen molar-refractivity contribution in [2.75, 3.05) is 25.4 Å². The maximum absolute atomic E-state index is 12.9. The molecule has 0 spiro atoms. The molecule has 5 nitrogen and oxygen atoms in total. The third-order valence-corrected chi connectivity index (χ3v) is 12.4. The topological polar surface area (TPSA) is 61.8 Å². The number of hydrogen-bond donors (Lipinski definition) is 0. The molecule has 0 N–H and O–H groups in total. The van der Waals surface area contributed by atoms with Crippen LogP contribution in [0.5, 0.6) is 0 Å². The van der Waals surface area contributed by atoms with Crippen LogP contribution in [-0.2, 0) is 23.5 Å². The first kappa shape index (κ1) is 28.2. The van der Waals surface area contributed by atoms with Crippen molar-refractivity contribution in [3.05, 3.63) is 22.3 Å². The molecule has 0 aromatic carbocycles. The van der Waals surface area contributed by atoms with Crippen LogP contribution in [0.4, 0.5) is 0 Å². The van der Waals surface area contributed by atoms with Gasteiger partial charge in [-0.15, -0.1) is 11.8 Å². The van der Waals surface area contributed by atoms with Crippen LogP contribution < -0.4 is 0 Å². The summed E-state index contributed by atoms with van der Waals surface area (Å²) < 4.78 is 17.5. The highest BCUT2D eigenvalue weighted by molar-refractivity contribution is 7.98. The summed E-state index contributed by atoms with van der Waals surface area (Å²) in [6.07, 6.45) is 7.43. The van der Waals surface area contributed by atoms with Gasteiger partial charge in [-0.25, -0.2) is 9.59 Å². The van der Waals surface area contributed by atoms with Gasteiger partial charge in [0.05, 0.1) is 12.2 Å². The Morgan fingerprint density at radius 2 is 1.64 bits per heavy atom. The van der Waals surface area contributed by atoms with Crippen molar-refractivity contribution in [2.45, 2.75) is 91.3 Å². The molecule has 188 valence electrons. The monoisotopic (exact) mass is 496 g/mol. The second-order valence-electron chi connectivity index (χ2n) is 10.9. The van der Waals surface area contributed by atoms with E-state index in [-0.39, 0.29) is 22.9 Å². The van der Waals surface area contributed by atoms with E-state index in [1.54, 1.807) is 0 Å². The van der Waals surface area contributed by atoms with Crippen LogP contribution in [0.2, 0.25) is 18.1 Å². The molecule has 0 amide bonds. The van der Waals surface area contributed by atoms with E-state index < -0.39 is 8.32 Å². The first-order valence-corrected chi connectivity index (χ1v) is 16.6. The van der Waals surface area contributed by atoms with Crippen LogP contribution >= 0.6 is 11.8 Å². The molecule has 0 saturated carbocycles. The predicted molar refractivity (Wildman–Crippen MR) is 139 cm³/mol. The zero-order valence-corrected chi connectivity index (χ0v) is 23.8. The van der Waals surface area contributed by atoms with E-state index in [1.807, 2.05) is 6.26 Å². The summed E-state index contributed by atoms with van der Waals surface area (Å²) in [5.74, 6) is 0.263. The summed E-state index contributed by atoms with van der Waals surface area (Å²) in [6, 6.07) is 0. The lowest BCUT2D eigenvalue weighted by molar-refractivity contribution is -0.142. The van der Waals surface area contributed by atoms with Crippen molar-refractivity contribution in [3.63, 3.8) is 0 Å². The average Bonchev–Trinajstić information content (AvgIpc) is 3.13. The van der Waals surface area contributed by atoms with E-state index in [0.717, 1.165) is 32.1 Å². The molecule has 2 atom stereocenters. The lowest BCUT2D eigenvalue weighted by atomic mass is 9.75. The van der Waals surface area contributed by atoms with Crippen LogP contribution in [0.15, 0.2) is 22.3 Å². The maximum Gasteiger partial charge on any atom is 0.335 e. The summed E-state index contributed by atoms with van der Waals surface area (Å²) in [7, 11) is -1.84. The molecule has 0 heterocycles. The maximum atomic E-state index is 12.9. The van der Waals surface area contributed by atoms with E-state index in [2.05, 4.69) is 47.7 Å². The minimum absolute atomic E-state index is 0.107. The van der Waals surface area contributed by atoms with Gasteiger partial charge in [-0.05, 0) is 73.1 Å². The minimum atomic E-state index is -1.84. The molecular weight excluding hydrogens is 452 g/mol. The Hall–Kier alpha value is -1.05. The summed E-state index contributed by atoms with van der Waals surface area (Å²) in [4.78, 5) is 25.4. The second kappa shape index (κ2) is 12.1. The summed E-state index contributed by atoms with van der Waals surface area (Å²) in [5, 5.41) is 0.163. The normalized spacial score (nSPS) is 21.3. The number of carbonyl (C=O) groups excluding carboxylic acids is 2. The van der Waals surface area contributed by atoms with Gasteiger partial charge < -0.3 is 13.9 Å². The Labute approximate surface area is 206 Å². The highest BCUT2D eigenvalue weighted by Crippen LogP contribution is 2.41. The molecule has 0 aliphatic heterocycles. The molecule has 2 aliphatic rings. The van der Waals surface area contributed by atoms with E-state index >= 15 is 0 Å². The molecular formula is C26H44O5SSi. The van der Waals surface area contributed by atoms with Crippen molar-refractivity contribution >= 4 is 32.0 Å². The quantitative estimate of drug-likeness (QED) is 0.130. The third-order valence-electron chi connectivity index (χ3n) is 7.53. The van der Waals surface area contributed by atoms with Gasteiger partial charge in [0, 0.05) is 5.57 Å². The Morgan fingerprint density at radius 3 is 2.18 bits per heavy atom. The van der Waals surface area contributed by atoms with Crippen molar-refractivity contribution < 1.29 is 23.5 Å². The zero-order valence-electron chi connectivity index (χ0n) is 22.0. The summed E-state index contributed by atoms with van der Waals surface area (Å²) >= 11 is 1.45. The third kappa shape index (κ3) is 7.22. The van der Waals surface area contributed by atoms with E-state index in [9.17, 15) is 9.59 Å². The fraction of sp³-hybridized carbons (Fsp3) is 0.769. The zero-order chi connectivity index (χ0) is 24.8. The highest BCUT2D eigenvalue weighted by atomic mass is 32.2. The standard InChI is InChI=1S/C26H44O5SSi/c1-9-11-19-14-22(23(19)25(28)30-17-32-6)24(27)29-15-20-12-18(10-2)13-21(20)16-31-33(7,8)26(3,4)5/h18-19H,9-17H2,1-8H3/t18-,19?/m1/s1. The molecule has 33 heavy (non-hydrogen) atoms. The Bertz CT molecular complexity index is 778. The van der Waals surface area contributed by atoms with E-state index in [4.69, 9.17) is 13.9 Å². The molecule has 0 aromatic rings. The fourth-order valence-electron chi connectivity index (χ4n) is 4.23. The first-order valence-electron chi connectivity index (χ1n) is 12.3. The van der Waals surface area contributed by atoms with Crippen molar-refractivity contribution in [3.8, 4) is 0 Å². The summed E-state index contributed by atoms with van der Waals surface area (Å²) in [6.45, 7) is 16.5. The number of rotatable bonds is 12. The average molecular weight is 497 g/mol. The smallest absolute Gasteiger partial charge is 0.335 e. The van der Waals surface area contributed by atoms with Crippen molar-refractivity contribution in [1.82, 2.24) is 0 Å². The first-order chi connectivity index (χ1) is 15.4. The highest BCUT2D eigenvalue weighted by Gasteiger charge is 2.40. The van der Waals surface area contributed by atoms with Crippen LogP contribution in [-0.4, -0.2) is 45.7 Å². The molecule has 0 saturated heterocycles. The van der Waals surface area contributed by atoms with Gasteiger partial charge in [-0.1, -0.05) is 47.5 Å². The largest absolute Gasteiger partial charge is 0.458 e. The van der Waals surface area contributed by atoms with Crippen molar-refractivity contribution in [1.29, 1.82) is 0 Å². The number of ether oxygens (including phenoxy) is 2. The lowest BCUT2D eigenvalue weighted by Gasteiger charge is -2.36. The number of carbonyl (C=O) groups is 2. The molecule has 7 heteroatoms. The molecule has 0 radical (unpaired) electrons.